The summed E-state index contributed by atoms with van der Waals surface area (Å²) >= 11 is 3.18. The predicted octanol–water partition coefficient (Wildman–Crippen LogP) is 4.17. The second-order valence-corrected chi connectivity index (χ2v) is 9.25. The minimum atomic E-state index is 0.0951. The van der Waals surface area contributed by atoms with Crippen molar-refractivity contribution >= 4 is 50.0 Å². The number of hydrogen-bond donors (Lipinski definition) is 1. The van der Waals surface area contributed by atoms with Crippen LogP contribution in [0.25, 0.3) is 21.1 Å². The second kappa shape index (κ2) is 7.42. The first kappa shape index (κ1) is 18.6. The molecule has 0 unspecified atom stereocenters. The Kier molecular flexibility index (Phi) is 4.75. The predicted molar refractivity (Wildman–Crippen MR) is 120 cm³/mol. The first-order valence-electron chi connectivity index (χ1n) is 9.84. The highest BCUT2D eigenvalue weighted by Gasteiger charge is 2.23. The van der Waals surface area contributed by atoms with Gasteiger partial charge in [-0.15, -0.1) is 11.3 Å². The van der Waals surface area contributed by atoms with Gasteiger partial charge in [-0.2, -0.15) is 0 Å². The monoisotopic (exact) mass is 423 g/mol. The molecule has 0 amide bonds. The van der Waals surface area contributed by atoms with E-state index in [9.17, 15) is 4.79 Å². The Morgan fingerprint density at radius 2 is 2.07 bits per heavy atom. The van der Waals surface area contributed by atoms with Crippen molar-refractivity contribution in [2.45, 2.75) is 50.1 Å². The second-order valence-electron chi connectivity index (χ2n) is 7.22. The van der Waals surface area contributed by atoms with E-state index in [1.165, 1.54) is 22.2 Å². The lowest BCUT2D eigenvalue weighted by Crippen LogP contribution is -2.23. The third kappa shape index (κ3) is 3.20. The minimum Gasteiger partial charge on any atom is -0.383 e. The van der Waals surface area contributed by atoms with Crippen LogP contribution in [0.1, 0.15) is 36.0 Å². The Labute approximate surface area is 176 Å². The van der Waals surface area contributed by atoms with Crippen molar-refractivity contribution in [3.05, 3.63) is 50.9 Å². The van der Waals surface area contributed by atoms with E-state index in [4.69, 9.17) is 10.7 Å². The summed E-state index contributed by atoms with van der Waals surface area (Å²) in [4.78, 5) is 29.4. The number of aromatic nitrogens is 4. The molecule has 1 aromatic carbocycles. The molecule has 8 heteroatoms. The van der Waals surface area contributed by atoms with E-state index >= 15 is 0 Å². The number of benzene rings is 1. The third-order valence-electron chi connectivity index (χ3n) is 5.25. The maximum atomic E-state index is 13.3. The van der Waals surface area contributed by atoms with Crippen molar-refractivity contribution in [1.29, 1.82) is 0 Å². The molecular formula is C21H21N5OS2. The van der Waals surface area contributed by atoms with Crippen molar-refractivity contribution < 1.29 is 0 Å². The molecule has 0 saturated carbocycles. The third-order valence-corrected chi connectivity index (χ3v) is 7.40. The SMILES string of the molecule is CCCn1c(SCc2nc(N)c3ccccc3n2)nc2sc3c(c2c1=O)CCC3. The van der Waals surface area contributed by atoms with Gasteiger partial charge in [0.2, 0.25) is 0 Å². The Bertz CT molecular complexity index is 1290. The Morgan fingerprint density at radius 3 is 2.93 bits per heavy atom. The summed E-state index contributed by atoms with van der Waals surface area (Å²) in [7, 11) is 0. The molecule has 0 saturated heterocycles. The molecule has 0 aliphatic heterocycles. The smallest absolute Gasteiger partial charge is 0.263 e. The van der Waals surface area contributed by atoms with Crippen LogP contribution in [0, 0.1) is 0 Å². The molecule has 6 nitrogen and oxygen atoms in total. The summed E-state index contributed by atoms with van der Waals surface area (Å²) in [5.74, 6) is 1.65. The highest BCUT2D eigenvalue weighted by Crippen LogP contribution is 2.36. The summed E-state index contributed by atoms with van der Waals surface area (Å²) in [6.07, 6.45) is 4.08. The van der Waals surface area contributed by atoms with Crippen molar-refractivity contribution in [2.75, 3.05) is 5.73 Å². The highest BCUT2D eigenvalue weighted by atomic mass is 32.2. The Balaban J connectivity index is 1.53. The van der Waals surface area contributed by atoms with Gasteiger partial charge < -0.3 is 5.73 Å². The van der Waals surface area contributed by atoms with Crippen LogP contribution >= 0.6 is 23.1 Å². The summed E-state index contributed by atoms with van der Waals surface area (Å²) in [5, 5.41) is 2.43. The van der Waals surface area contributed by atoms with Gasteiger partial charge in [-0.05, 0) is 43.4 Å². The molecule has 1 aliphatic rings. The number of nitrogen functional groups attached to an aromatic ring is 1. The molecule has 29 heavy (non-hydrogen) atoms. The zero-order chi connectivity index (χ0) is 20.0. The Hall–Kier alpha value is -2.45. The lowest BCUT2D eigenvalue weighted by atomic mass is 10.2. The van der Waals surface area contributed by atoms with Gasteiger partial charge in [0, 0.05) is 16.8 Å². The molecule has 3 heterocycles. The number of rotatable bonds is 5. The quantitative estimate of drug-likeness (QED) is 0.383. The highest BCUT2D eigenvalue weighted by molar-refractivity contribution is 7.98. The van der Waals surface area contributed by atoms with Crippen LogP contribution in [-0.4, -0.2) is 19.5 Å². The van der Waals surface area contributed by atoms with Crippen molar-refractivity contribution in [1.82, 2.24) is 19.5 Å². The van der Waals surface area contributed by atoms with Gasteiger partial charge in [0.25, 0.3) is 5.56 Å². The average Bonchev–Trinajstić information content (AvgIpc) is 3.30. The van der Waals surface area contributed by atoms with E-state index < -0.39 is 0 Å². The minimum absolute atomic E-state index is 0.0951. The van der Waals surface area contributed by atoms with Gasteiger partial charge in [-0.1, -0.05) is 30.8 Å². The standard InChI is InChI=1S/C21H21N5OS2/c1-2-10-26-20(27)17-13-7-5-9-15(13)29-19(17)25-21(26)28-11-16-23-14-8-4-3-6-12(14)18(22)24-16/h3-4,6,8H,2,5,7,9-11H2,1H3,(H2,22,23,24). The molecule has 5 rings (SSSR count). The van der Waals surface area contributed by atoms with Crippen LogP contribution in [0.4, 0.5) is 5.82 Å². The lowest BCUT2D eigenvalue weighted by Gasteiger charge is -2.11. The van der Waals surface area contributed by atoms with Gasteiger partial charge >= 0.3 is 0 Å². The van der Waals surface area contributed by atoms with Gasteiger partial charge in [-0.25, -0.2) is 15.0 Å². The van der Waals surface area contributed by atoms with Crippen molar-refractivity contribution in [2.24, 2.45) is 0 Å². The molecule has 4 aromatic rings. The topological polar surface area (TPSA) is 86.7 Å². The summed E-state index contributed by atoms with van der Waals surface area (Å²) in [6.45, 7) is 2.74. The zero-order valence-corrected chi connectivity index (χ0v) is 17.8. The van der Waals surface area contributed by atoms with Crippen LogP contribution in [-0.2, 0) is 25.1 Å². The number of fused-ring (bicyclic) bond motifs is 4. The molecule has 0 spiro atoms. The number of anilines is 1. The van der Waals surface area contributed by atoms with E-state index in [1.807, 2.05) is 28.8 Å². The molecule has 2 N–H and O–H groups in total. The number of para-hydroxylation sites is 1. The number of thiophene rings is 1. The summed E-state index contributed by atoms with van der Waals surface area (Å²) in [5.41, 5.74) is 8.27. The van der Waals surface area contributed by atoms with Gasteiger partial charge in [0.05, 0.1) is 16.7 Å². The Morgan fingerprint density at radius 1 is 1.21 bits per heavy atom. The number of nitrogens with two attached hydrogens (primary N) is 1. The summed E-state index contributed by atoms with van der Waals surface area (Å²) in [6, 6.07) is 7.73. The van der Waals surface area contributed by atoms with Crippen LogP contribution in [0.2, 0.25) is 0 Å². The lowest BCUT2D eigenvalue weighted by molar-refractivity contribution is 0.585. The fourth-order valence-electron chi connectivity index (χ4n) is 3.93. The normalized spacial score (nSPS) is 13.4. The maximum Gasteiger partial charge on any atom is 0.263 e. The van der Waals surface area contributed by atoms with Crippen LogP contribution in [0.5, 0.6) is 0 Å². The molecule has 0 bridgehead atoms. The van der Waals surface area contributed by atoms with Gasteiger partial charge in [0.15, 0.2) is 5.16 Å². The van der Waals surface area contributed by atoms with Crippen LogP contribution in [0.3, 0.4) is 0 Å². The number of hydrogen-bond acceptors (Lipinski definition) is 7. The molecule has 0 atom stereocenters. The zero-order valence-electron chi connectivity index (χ0n) is 16.1. The van der Waals surface area contributed by atoms with E-state index in [0.29, 0.717) is 23.9 Å². The van der Waals surface area contributed by atoms with E-state index in [1.54, 1.807) is 11.3 Å². The number of nitrogens with zero attached hydrogens (tertiary/aromatic N) is 4. The van der Waals surface area contributed by atoms with Crippen molar-refractivity contribution in [3.8, 4) is 0 Å². The average molecular weight is 424 g/mol. The molecular weight excluding hydrogens is 402 g/mol. The maximum absolute atomic E-state index is 13.3. The van der Waals surface area contributed by atoms with E-state index in [0.717, 1.165) is 52.0 Å². The van der Waals surface area contributed by atoms with E-state index in [2.05, 4.69) is 16.9 Å². The van der Waals surface area contributed by atoms with E-state index in [-0.39, 0.29) is 5.56 Å². The summed E-state index contributed by atoms with van der Waals surface area (Å²) < 4.78 is 1.82. The molecule has 0 radical (unpaired) electrons. The fraction of sp³-hybridized carbons (Fsp3) is 0.333. The number of aryl methyl sites for hydroxylation is 2. The first-order chi connectivity index (χ1) is 14.2. The molecule has 0 fully saturated rings. The van der Waals surface area contributed by atoms with Crippen molar-refractivity contribution in [3.63, 3.8) is 0 Å². The molecule has 1 aliphatic carbocycles. The first-order valence-corrected chi connectivity index (χ1v) is 11.6. The van der Waals surface area contributed by atoms with Gasteiger partial charge in [-0.3, -0.25) is 9.36 Å². The largest absolute Gasteiger partial charge is 0.383 e. The molecule has 148 valence electrons. The van der Waals surface area contributed by atoms with Crippen LogP contribution in [0.15, 0.2) is 34.2 Å². The number of thioether (sulfide) groups is 1. The fourth-order valence-corrected chi connectivity index (χ4v) is 6.12. The van der Waals surface area contributed by atoms with Crippen LogP contribution < -0.4 is 11.3 Å². The van der Waals surface area contributed by atoms with Gasteiger partial charge in [0.1, 0.15) is 16.5 Å². The molecule has 3 aromatic heterocycles.